The van der Waals surface area contributed by atoms with E-state index in [1.54, 1.807) is 12.4 Å². The van der Waals surface area contributed by atoms with E-state index in [9.17, 15) is 5.26 Å². The molecular formula is C15H22N4. The van der Waals surface area contributed by atoms with Gasteiger partial charge in [-0.3, -0.25) is 0 Å². The third kappa shape index (κ3) is 3.44. The van der Waals surface area contributed by atoms with Crippen molar-refractivity contribution in [2.24, 2.45) is 5.92 Å². The van der Waals surface area contributed by atoms with Gasteiger partial charge in [-0.2, -0.15) is 5.26 Å². The van der Waals surface area contributed by atoms with Gasteiger partial charge >= 0.3 is 0 Å². The molecule has 0 amide bonds. The first-order valence-electron chi connectivity index (χ1n) is 7.20. The zero-order chi connectivity index (χ0) is 13.7. The highest BCUT2D eigenvalue weighted by Gasteiger charge is 2.25. The fraction of sp³-hybridized carbons (Fsp3) is 0.667. The zero-order valence-corrected chi connectivity index (χ0v) is 11.8. The summed E-state index contributed by atoms with van der Waals surface area (Å²) in [6.07, 6.45) is 9.39. The molecule has 1 aromatic heterocycles. The quantitative estimate of drug-likeness (QED) is 0.814. The van der Waals surface area contributed by atoms with Crippen molar-refractivity contribution in [3.8, 4) is 6.07 Å². The summed E-state index contributed by atoms with van der Waals surface area (Å²) in [4.78, 5) is 10.9. The van der Waals surface area contributed by atoms with Gasteiger partial charge in [-0.1, -0.05) is 26.7 Å². The Balaban J connectivity index is 2.22. The molecule has 0 atom stereocenters. The average molecular weight is 258 g/mol. The number of nitriles is 1. The van der Waals surface area contributed by atoms with Crippen molar-refractivity contribution in [2.75, 3.05) is 11.4 Å². The Kier molecular flexibility index (Phi) is 4.73. The van der Waals surface area contributed by atoms with E-state index in [2.05, 4.69) is 34.8 Å². The van der Waals surface area contributed by atoms with Crippen molar-refractivity contribution in [2.45, 2.75) is 52.0 Å². The van der Waals surface area contributed by atoms with Gasteiger partial charge in [0.25, 0.3) is 0 Å². The molecule has 1 heterocycles. The topological polar surface area (TPSA) is 52.8 Å². The predicted molar refractivity (Wildman–Crippen MR) is 75.8 cm³/mol. The van der Waals surface area contributed by atoms with Crippen molar-refractivity contribution < 1.29 is 0 Å². The van der Waals surface area contributed by atoms with Gasteiger partial charge in [0, 0.05) is 25.0 Å². The first kappa shape index (κ1) is 13.8. The van der Waals surface area contributed by atoms with E-state index >= 15 is 0 Å². The average Bonchev–Trinajstić information content (AvgIpc) is 2.93. The minimum Gasteiger partial charge on any atom is -0.351 e. The highest BCUT2D eigenvalue weighted by Crippen LogP contribution is 2.28. The Morgan fingerprint density at radius 2 is 2.00 bits per heavy atom. The van der Waals surface area contributed by atoms with Gasteiger partial charge in [0.2, 0.25) is 0 Å². The highest BCUT2D eigenvalue weighted by atomic mass is 15.2. The number of aromatic nitrogens is 2. The van der Waals surface area contributed by atoms with Crippen LogP contribution < -0.4 is 4.90 Å². The molecule has 1 fully saturated rings. The van der Waals surface area contributed by atoms with Crippen molar-refractivity contribution in [3.63, 3.8) is 0 Å². The lowest BCUT2D eigenvalue weighted by Gasteiger charge is -2.30. The second-order valence-corrected chi connectivity index (χ2v) is 5.65. The summed E-state index contributed by atoms with van der Waals surface area (Å²) in [6, 6.07) is 2.70. The highest BCUT2D eigenvalue weighted by molar-refractivity contribution is 5.50. The number of nitrogens with zero attached hydrogens (tertiary/aromatic N) is 4. The van der Waals surface area contributed by atoms with Gasteiger partial charge in [-0.25, -0.2) is 9.97 Å². The predicted octanol–water partition coefficient (Wildman–Crippen LogP) is 3.14. The van der Waals surface area contributed by atoms with E-state index in [0.717, 1.165) is 18.8 Å². The van der Waals surface area contributed by atoms with E-state index in [4.69, 9.17) is 0 Å². The van der Waals surface area contributed by atoms with E-state index in [1.807, 2.05) is 0 Å². The Morgan fingerprint density at radius 1 is 1.32 bits per heavy atom. The van der Waals surface area contributed by atoms with Crippen LogP contribution in [0.25, 0.3) is 0 Å². The SMILES string of the molecule is CC(C)CCN(c1nccnc1C#N)C1CCCC1. The zero-order valence-electron chi connectivity index (χ0n) is 11.8. The second-order valence-electron chi connectivity index (χ2n) is 5.65. The maximum Gasteiger partial charge on any atom is 0.183 e. The summed E-state index contributed by atoms with van der Waals surface area (Å²) in [7, 11) is 0. The Hall–Kier alpha value is -1.63. The number of anilines is 1. The molecule has 0 bridgehead atoms. The summed E-state index contributed by atoms with van der Waals surface area (Å²) in [5.41, 5.74) is 0.457. The molecule has 0 radical (unpaired) electrons. The van der Waals surface area contributed by atoms with Crippen LogP contribution in [0.2, 0.25) is 0 Å². The normalized spacial score (nSPS) is 15.7. The van der Waals surface area contributed by atoms with Gasteiger partial charge in [-0.15, -0.1) is 0 Å². The maximum atomic E-state index is 9.21. The molecule has 1 aliphatic carbocycles. The van der Waals surface area contributed by atoms with Crippen molar-refractivity contribution in [3.05, 3.63) is 18.1 Å². The molecule has 1 aromatic rings. The minimum atomic E-state index is 0.457. The van der Waals surface area contributed by atoms with Crippen LogP contribution in [-0.2, 0) is 0 Å². The van der Waals surface area contributed by atoms with Crippen LogP contribution >= 0.6 is 0 Å². The van der Waals surface area contributed by atoms with E-state index in [1.165, 1.54) is 25.7 Å². The van der Waals surface area contributed by atoms with Crippen molar-refractivity contribution in [1.82, 2.24) is 9.97 Å². The first-order valence-corrected chi connectivity index (χ1v) is 7.20. The van der Waals surface area contributed by atoms with Gasteiger partial charge in [-0.05, 0) is 25.2 Å². The molecule has 0 aromatic carbocycles. The summed E-state index contributed by atoms with van der Waals surface area (Å²) >= 11 is 0. The van der Waals surface area contributed by atoms with Gasteiger partial charge in [0.1, 0.15) is 6.07 Å². The second kappa shape index (κ2) is 6.51. The molecule has 0 unspecified atom stereocenters. The van der Waals surface area contributed by atoms with Crippen LogP contribution in [0.3, 0.4) is 0 Å². The van der Waals surface area contributed by atoms with Gasteiger partial charge in [0.15, 0.2) is 11.5 Å². The fourth-order valence-electron chi connectivity index (χ4n) is 2.69. The van der Waals surface area contributed by atoms with Crippen LogP contribution in [0.5, 0.6) is 0 Å². The van der Waals surface area contributed by atoms with Crippen LogP contribution in [0.1, 0.15) is 51.6 Å². The molecule has 102 valence electrons. The maximum absolute atomic E-state index is 9.21. The largest absolute Gasteiger partial charge is 0.351 e. The van der Waals surface area contributed by atoms with Crippen LogP contribution in [-0.4, -0.2) is 22.6 Å². The monoisotopic (exact) mass is 258 g/mol. The minimum absolute atomic E-state index is 0.457. The molecule has 1 saturated carbocycles. The summed E-state index contributed by atoms with van der Waals surface area (Å²) in [6.45, 7) is 5.43. The summed E-state index contributed by atoms with van der Waals surface area (Å²) in [5, 5.41) is 9.21. The molecule has 2 rings (SSSR count). The van der Waals surface area contributed by atoms with Crippen LogP contribution in [0, 0.1) is 17.2 Å². The van der Waals surface area contributed by atoms with Gasteiger partial charge < -0.3 is 4.90 Å². The van der Waals surface area contributed by atoms with Crippen molar-refractivity contribution in [1.29, 1.82) is 5.26 Å². The van der Waals surface area contributed by atoms with E-state index in [0.29, 0.717) is 17.7 Å². The summed E-state index contributed by atoms with van der Waals surface area (Å²) in [5.74, 6) is 1.43. The Bertz CT molecular complexity index is 444. The molecule has 4 heteroatoms. The number of hydrogen-bond donors (Lipinski definition) is 0. The standard InChI is InChI=1S/C15H22N4/c1-12(2)7-10-19(13-5-3-4-6-13)15-14(11-16)17-8-9-18-15/h8-9,12-13H,3-7,10H2,1-2H3. The summed E-state index contributed by atoms with van der Waals surface area (Å²) < 4.78 is 0. The Labute approximate surface area is 115 Å². The van der Waals surface area contributed by atoms with E-state index < -0.39 is 0 Å². The van der Waals surface area contributed by atoms with Crippen LogP contribution in [0.4, 0.5) is 5.82 Å². The lowest BCUT2D eigenvalue weighted by Crippen LogP contribution is -2.36. The lowest BCUT2D eigenvalue weighted by atomic mass is 10.1. The van der Waals surface area contributed by atoms with Gasteiger partial charge in [0.05, 0.1) is 0 Å². The third-order valence-electron chi connectivity index (χ3n) is 3.77. The van der Waals surface area contributed by atoms with E-state index in [-0.39, 0.29) is 0 Å². The van der Waals surface area contributed by atoms with Crippen molar-refractivity contribution >= 4 is 5.82 Å². The number of rotatable bonds is 5. The van der Waals surface area contributed by atoms with Crippen LogP contribution in [0.15, 0.2) is 12.4 Å². The smallest absolute Gasteiger partial charge is 0.183 e. The third-order valence-corrected chi connectivity index (χ3v) is 3.77. The molecule has 0 saturated heterocycles. The number of hydrogen-bond acceptors (Lipinski definition) is 4. The molecule has 0 spiro atoms. The molecule has 19 heavy (non-hydrogen) atoms. The molecule has 1 aliphatic rings. The molecule has 4 nitrogen and oxygen atoms in total. The molecule has 0 aliphatic heterocycles. The first-order chi connectivity index (χ1) is 9.22. The molecular weight excluding hydrogens is 236 g/mol. The Morgan fingerprint density at radius 3 is 2.63 bits per heavy atom. The lowest BCUT2D eigenvalue weighted by molar-refractivity contribution is 0.524. The molecule has 0 N–H and O–H groups in total. The fourth-order valence-corrected chi connectivity index (χ4v) is 2.69.